The first kappa shape index (κ1) is 13.8. The highest BCUT2D eigenvalue weighted by atomic mass is 35.5. The molecule has 17 heavy (non-hydrogen) atoms. The van der Waals surface area contributed by atoms with Crippen LogP contribution in [0.3, 0.4) is 0 Å². The van der Waals surface area contributed by atoms with Gasteiger partial charge in [0.1, 0.15) is 0 Å². The van der Waals surface area contributed by atoms with Crippen molar-refractivity contribution in [1.29, 1.82) is 0 Å². The second-order valence-corrected chi connectivity index (χ2v) is 4.42. The molecule has 1 aromatic carbocycles. The van der Waals surface area contributed by atoms with Gasteiger partial charge in [0.15, 0.2) is 0 Å². The molecule has 3 N–H and O–H groups in total. The Bertz CT molecular complexity index is 396. The van der Waals surface area contributed by atoms with E-state index in [0.29, 0.717) is 29.4 Å². The lowest BCUT2D eigenvalue weighted by atomic mass is 10.1. The van der Waals surface area contributed by atoms with Crippen LogP contribution in [0.4, 0.5) is 5.69 Å². The van der Waals surface area contributed by atoms with Crippen molar-refractivity contribution < 1.29 is 9.53 Å². The van der Waals surface area contributed by atoms with E-state index in [1.165, 1.54) is 0 Å². The van der Waals surface area contributed by atoms with Gasteiger partial charge in [-0.25, -0.2) is 0 Å². The van der Waals surface area contributed by atoms with E-state index < -0.39 is 0 Å². The van der Waals surface area contributed by atoms with Crippen LogP contribution in [0.5, 0.6) is 0 Å². The van der Waals surface area contributed by atoms with E-state index in [1.807, 2.05) is 6.92 Å². The molecule has 0 aliphatic rings. The molecule has 0 spiro atoms. The third-order valence-electron chi connectivity index (χ3n) is 2.30. The highest BCUT2D eigenvalue weighted by Crippen LogP contribution is 2.18. The van der Waals surface area contributed by atoms with Gasteiger partial charge in [-0.3, -0.25) is 4.79 Å². The molecular weight excluding hydrogens is 240 g/mol. The molecule has 1 amide bonds. The topological polar surface area (TPSA) is 64.3 Å². The highest BCUT2D eigenvalue weighted by Gasteiger charge is 2.11. The largest absolute Gasteiger partial charge is 0.399 e. The lowest BCUT2D eigenvalue weighted by Gasteiger charge is -2.12. The summed E-state index contributed by atoms with van der Waals surface area (Å²) in [6, 6.07) is 4.84. The first-order valence-electron chi connectivity index (χ1n) is 5.36. The second kappa shape index (κ2) is 6.47. The van der Waals surface area contributed by atoms with Crippen LogP contribution < -0.4 is 11.1 Å². The number of nitrogen functional groups attached to an aromatic ring is 1. The van der Waals surface area contributed by atoms with Crippen molar-refractivity contribution in [3.8, 4) is 0 Å². The number of benzene rings is 1. The lowest BCUT2D eigenvalue weighted by molar-refractivity contribution is 0.0934. The van der Waals surface area contributed by atoms with Gasteiger partial charge in [0, 0.05) is 19.3 Å². The average molecular weight is 257 g/mol. The van der Waals surface area contributed by atoms with Crippen LogP contribution >= 0.6 is 11.6 Å². The van der Waals surface area contributed by atoms with Gasteiger partial charge in [-0.05, 0) is 24.1 Å². The van der Waals surface area contributed by atoms with Gasteiger partial charge < -0.3 is 15.8 Å². The first-order valence-corrected chi connectivity index (χ1v) is 5.74. The van der Waals surface area contributed by atoms with E-state index in [2.05, 4.69) is 5.32 Å². The summed E-state index contributed by atoms with van der Waals surface area (Å²) >= 11 is 5.93. The number of carbonyl (C=O) groups is 1. The number of hydrogen-bond donors (Lipinski definition) is 2. The molecule has 0 bridgehead atoms. The van der Waals surface area contributed by atoms with E-state index >= 15 is 0 Å². The fourth-order valence-electron chi connectivity index (χ4n) is 1.42. The number of amides is 1. The van der Waals surface area contributed by atoms with Crippen LogP contribution in [-0.4, -0.2) is 26.2 Å². The van der Waals surface area contributed by atoms with Crippen LogP contribution in [0.2, 0.25) is 5.02 Å². The zero-order valence-corrected chi connectivity index (χ0v) is 10.8. The minimum atomic E-state index is -0.217. The second-order valence-electron chi connectivity index (χ2n) is 4.01. The van der Waals surface area contributed by atoms with Crippen LogP contribution in [0.1, 0.15) is 17.3 Å². The zero-order valence-electron chi connectivity index (χ0n) is 10.00. The summed E-state index contributed by atoms with van der Waals surface area (Å²) in [6.45, 7) is 3.13. The van der Waals surface area contributed by atoms with Crippen molar-refractivity contribution in [3.63, 3.8) is 0 Å². The summed E-state index contributed by atoms with van der Waals surface area (Å²) in [6.07, 6.45) is 0. The van der Waals surface area contributed by atoms with E-state index in [9.17, 15) is 4.79 Å². The van der Waals surface area contributed by atoms with Crippen molar-refractivity contribution in [1.82, 2.24) is 5.32 Å². The average Bonchev–Trinajstić information content (AvgIpc) is 2.29. The number of rotatable bonds is 5. The van der Waals surface area contributed by atoms with Crippen LogP contribution in [0, 0.1) is 5.92 Å². The van der Waals surface area contributed by atoms with Crippen molar-refractivity contribution >= 4 is 23.2 Å². The summed E-state index contributed by atoms with van der Waals surface area (Å²) in [5, 5.41) is 3.19. The molecule has 1 atom stereocenters. The summed E-state index contributed by atoms with van der Waals surface area (Å²) in [5.41, 5.74) is 6.53. The van der Waals surface area contributed by atoms with Gasteiger partial charge >= 0.3 is 0 Å². The van der Waals surface area contributed by atoms with E-state index in [-0.39, 0.29) is 11.8 Å². The summed E-state index contributed by atoms with van der Waals surface area (Å²) in [4.78, 5) is 11.8. The van der Waals surface area contributed by atoms with Crippen LogP contribution in [0.15, 0.2) is 18.2 Å². The molecule has 0 saturated heterocycles. The molecule has 94 valence electrons. The predicted molar refractivity (Wildman–Crippen MR) is 69.2 cm³/mol. The van der Waals surface area contributed by atoms with Gasteiger partial charge in [0.05, 0.1) is 17.2 Å². The maximum atomic E-state index is 11.8. The number of nitrogens with one attached hydrogen (secondary N) is 1. The summed E-state index contributed by atoms with van der Waals surface area (Å²) < 4.78 is 4.99. The van der Waals surface area contributed by atoms with Crippen molar-refractivity contribution in [2.75, 3.05) is 26.0 Å². The van der Waals surface area contributed by atoms with E-state index in [4.69, 9.17) is 22.1 Å². The fraction of sp³-hybridized carbons (Fsp3) is 0.417. The number of nitrogens with two attached hydrogens (primary N) is 1. The van der Waals surface area contributed by atoms with Crippen LogP contribution in [-0.2, 0) is 4.74 Å². The third-order valence-corrected chi connectivity index (χ3v) is 2.63. The summed E-state index contributed by atoms with van der Waals surface area (Å²) in [5.74, 6) is 0.0361. The van der Waals surface area contributed by atoms with Gasteiger partial charge in [-0.1, -0.05) is 18.5 Å². The van der Waals surface area contributed by atoms with Crippen molar-refractivity contribution in [2.45, 2.75) is 6.92 Å². The molecule has 0 fully saturated rings. The molecule has 1 aromatic rings. The minimum Gasteiger partial charge on any atom is -0.399 e. The van der Waals surface area contributed by atoms with Crippen LogP contribution in [0.25, 0.3) is 0 Å². The first-order chi connectivity index (χ1) is 8.04. The van der Waals surface area contributed by atoms with Gasteiger partial charge in [-0.15, -0.1) is 0 Å². The van der Waals surface area contributed by atoms with E-state index in [0.717, 1.165) is 0 Å². The van der Waals surface area contributed by atoms with Crippen molar-refractivity contribution in [2.24, 2.45) is 5.92 Å². The number of anilines is 1. The zero-order chi connectivity index (χ0) is 12.8. The third kappa shape index (κ3) is 4.24. The number of hydrogen-bond acceptors (Lipinski definition) is 3. The maximum Gasteiger partial charge on any atom is 0.252 e. The Labute approximate surface area is 106 Å². The molecule has 0 heterocycles. The number of carbonyl (C=O) groups excluding carboxylic acids is 1. The fourth-order valence-corrected chi connectivity index (χ4v) is 1.63. The molecule has 1 unspecified atom stereocenters. The molecule has 0 aliphatic heterocycles. The van der Waals surface area contributed by atoms with Crippen molar-refractivity contribution in [3.05, 3.63) is 28.8 Å². The predicted octanol–water partition coefficient (Wildman–Crippen LogP) is 1.93. The number of methoxy groups -OCH3 is 1. The normalized spacial score (nSPS) is 12.2. The molecule has 5 heteroatoms. The van der Waals surface area contributed by atoms with Gasteiger partial charge in [0.2, 0.25) is 0 Å². The smallest absolute Gasteiger partial charge is 0.252 e. The number of ether oxygens (including phenoxy) is 1. The molecule has 0 aromatic heterocycles. The quantitative estimate of drug-likeness (QED) is 0.792. The summed E-state index contributed by atoms with van der Waals surface area (Å²) in [7, 11) is 1.63. The monoisotopic (exact) mass is 256 g/mol. The number of halogens is 1. The standard InChI is InChI=1S/C12H17ClN2O2/c1-8(7-17-2)6-15-12(16)10-5-9(14)3-4-11(10)13/h3-5,8H,6-7,14H2,1-2H3,(H,15,16). The van der Waals surface area contributed by atoms with E-state index in [1.54, 1.807) is 25.3 Å². The minimum absolute atomic E-state index is 0.217. The van der Waals surface area contributed by atoms with Gasteiger partial charge in [-0.2, -0.15) is 0 Å². The Hall–Kier alpha value is -1.26. The van der Waals surface area contributed by atoms with Gasteiger partial charge in [0.25, 0.3) is 5.91 Å². The Morgan fingerprint density at radius 1 is 1.59 bits per heavy atom. The molecular formula is C12H17ClN2O2. The highest BCUT2D eigenvalue weighted by molar-refractivity contribution is 6.34. The Balaban J connectivity index is 2.61. The molecule has 0 radical (unpaired) electrons. The Kier molecular flexibility index (Phi) is 5.25. The molecule has 0 saturated carbocycles. The molecule has 1 rings (SSSR count). The SMILES string of the molecule is COCC(C)CNC(=O)c1cc(N)ccc1Cl. The maximum absolute atomic E-state index is 11.8. The Morgan fingerprint density at radius 2 is 2.29 bits per heavy atom. The molecule has 0 aliphatic carbocycles. The molecule has 4 nitrogen and oxygen atoms in total. The lowest BCUT2D eigenvalue weighted by Crippen LogP contribution is -2.30. The Morgan fingerprint density at radius 3 is 2.94 bits per heavy atom.